The molecule has 0 aliphatic carbocycles. The van der Waals surface area contributed by atoms with Gasteiger partial charge in [-0.25, -0.2) is 0 Å². The maximum absolute atomic E-state index is 11.1. The normalized spacial score (nSPS) is 11.0. The summed E-state index contributed by atoms with van der Waals surface area (Å²) in [5, 5.41) is 29.4. The third kappa shape index (κ3) is 2.90. The van der Waals surface area contributed by atoms with Crippen LogP contribution in [0.25, 0.3) is 10.9 Å². The summed E-state index contributed by atoms with van der Waals surface area (Å²) in [4.78, 5) is 11.1. The molecule has 0 radical (unpaired) electrons. The van der Waals surface area contributed by atoms with Crippen LogP contribution in [-0.4, -0.2) is 25.9 Å². The Bertz CT molecular complexity index is 884. The number of aliphatic carboxylic acids is 1. The molecule has 0 spiro atoms. The highest BCUT2D eigenvalue weighted by Crippen LogP contribution is 2.36. The van der Waals surface area contributed by atoms with E-state index in [9.17, 15) is 15.0 Å². The number of nitrogens with zero attached hydrogens (tertiary/aromatic N) is 1. The minimum atomic E-state index is -0.933. The summed E-state index contributed by atoms with van der Waals surface area (Å²) in [5.41, 5.74) is 2.14. The Morgan fingerprint density at radius 1 is 1.09 bits per heavy atom. The molecule has 1 aromatic heterocycles. The van der Waals surface area contributed by atoms with E-state index < -0.39 is 5.97 Å². The molecule has 0 amide bonds. The zero-order valence-electron chi connectivity index (χ0n) is 12.0. The number of aromatic hydroxyl groups is 2. The topological polar surface area (TPSA) is 82.7 Å². The zero-order chi connectivity index (χ0) is 16.6. The average molecular weight is 376 g/mol. The molecule has 1 heterocycles. The Morgan fingerprint density at radius 2 is 1.78 bits per heavy atom. The summed E-state index contributed by atoms with van der Waals surface area (Å²) in [5.74, 6) is -0.657. The summed E-state index contributed by atoms with van der Waals surface area (Å²) in [6, 6.07) is 11.8. The van der Waals surface area contributed by atoms with Crippen molar-refractivity contribution >= 4 is 32.8 Å². The number of aromatic nitrogens is 1. The maximum atomic E-state index is 11.1. The Morgan fingerprint density at radius 3 is 2.43 bits per heavy atom. The van der Waals surface area contributed by atoms with E-state index in [1.54, 1.807) is 42.5 Å². The molecule has 23 heavy (non-hydrogen) atoms. The predicted molar refractivity (Wildman–Crippen MR) is 89.9 cm³/mol. The van der Waals surface area contributed by atoms with Crippen LogP contribution in [0.2, 0.25) is 0 Å². The summed E-state index contributed by atoms with van der Waals surface area (Å²) in [7, 11) is 0. The van der Waals surface area contributed by atoms with Gasteiger partial charge in [-0.05, 0) is 39.7 Å². The third-order valence-corrected chi connectivity index (χ3v) is 4.61. The van der Waals surface area contributed by atoms with Crippen LogP contribution in [0.15, 0.2) is 47.1 Å². The smallest absolute Gasteiger partial charge is 0.307 e. The Kier molecular flexibility index (Phi) is 4.00. The molecule has 6 heteroatoms. The first-order valence-corrected chi connectivity index (χ1v) is 7.75. The van der Waals surface area contributed by atoms with Crippen molar-refractivity contribution < 1.29 is 20.1 Å². The second kappa shape index (κ2) is 5.96. The van der Waals surface area contributed by atoms with Crippen LogP contribution in [-0.2, 0) is 17.8 Å². The number of hydrogen-bond acceptors (Lipinski definition) is 3. The summed E-state index contributed by atoms with van der Waals surface area (Å²) >= 11 is 3.47. The SMILES string of the molecule is O=C(O)Cc1c(Br)n(Cc2ccc(O)cc2)c2c(O)cccc12. The second-order valence-electron chi connectivity index (χ2n) is 5.27. The fourth-order valence-corrected chi connectivity index (χ4v) is 3.34. The lowest BCUT2D eigenvalue weighted by Gasteiger charge is -2.09. The molecule has 0 atom stereocenters. The van der Waals surface area contributed by atoms with Gasteiger partial charge < -0.3 is 19.9 Å². The van der Waals surface area contributed by atoms with Gasteiger partial charge in [-0.3, -0.25) is 4.79 Å². The van der Waals surface area contributed by atoms with E-state index in [4.69, 9.17) is 5.11 Å². The summed E-state index contributed by atoms with van der Waals surface area (Å²) < 4.78 is 2.46. The van der Waals surface area contributed by atoms with Crippen molar-refractivity contribution in [1.29, 1.82) is 0 Å². The van der Waals surface area contributed by atoms with E-state index >= 15 is 0 Å². The molecule has 3 rings (SSSR count). The van der Waals surface area contributed by atoms with Crippen molar-refractivity contribution in [3.63, 3.8) is 0 Å². The van der Waals surface area contributed by atoms with Gasteiger partial charge in [-0.1, -0.05) is 24.3 Å². The van der Waals surface area contributed by atoms with Crippen LogP contribution in [0.5, 0.6) is 11.5 Å². The van der Waals surface area contributed by atoms with Gasteiger partial charge in [0.05, 0.1) is 16.5 Å². The molecule has 0 unspecified atom stereocenters. The van der Waals surface area contributed by atoms with Crippen LogP contribution < -0.4 is 0 Å². The molecule has 0 fully saturated rings. The Balaban J connectivity index is 2.17. The standard InChI is InChI=1S/C17H14BrNO4/c18-17-13(8-15(22)23)12-2-1-3-14(21)16(12)19(17)9-10-4-6-11(20)7-5-10/h1-7,20-21H,8-9H2,(H,22,23). The first kappa shape index (κ1) is 15.4. The average Bonchev–Trinajstić information content (AvgIpc) is 2.76. The number of phenolic OH excluding ortho intramolecular Hbond substituents is 2. The van der Waals surface area contributed by atoms with Crippen molar-refractivity contribution in [3.05, 3.63) is 58.2 Å². The van der Waals surface area contributed by atoms with Gasteiger partial charge in [0.2, 0.25) is 0 Å². The number of phenols is 2. The number of rotatable bonds is 4. The minimum Gasteiger partial charge on any atom is -0.508 e. The quantitative estimate of drug-likeness (QED) is 0.651. The van der Waals surface area contributed by atoms with Crippen molar-refractivity contribution in [2.24, 2.45) is 0 Å². The van der Waals surface area contributed by atoms with E-state index in [-0.39, 0.29) is 17.9 Å². The molecule has 5 nitrogen and oxygen atoms in total. The Labute approximate surface area is 140 Å². The number of halogens is 1. The van der Waals surface area contributed by atoms with Crippen LogP contribution in [0.4, 0.5) is 0 Å². The van der Waals surface area contributed by atoms with Gasteiger partial charge in [-0.2, -0.15) is 0 Å². The molecule has 2 aromatic carbocycles. The first-order chi connectivity index (χ1) is 11.0. The van der Waals surface area contributed by atoms with E-state index in [2.05, 4.69) is 15.9 Å². The Hall–Kier alpha value is -2.47. The fraction of sp³-hybridized carbons (Fsp3) is 0.118. The van der Waals surface area contributed by atoms with Gasteiger partial charge >= 0.3 is 5.97 Å². The molecular weight excluding hydrogens is 362 g/mol. The molecule has 0 aliphatic heterocycles. The number of para-hydroxylation sites is 1. The van der Waals surface area contributed by atoms with Crippen LogP contribution >= 0.6 is 15.9 Å². The van der Waals surface area contributed by atoms with E-state index in [0.29, 0.717) is 27.6 Å². The second-order valence-corrected chi connectivity index (χ2v) is 6.02. The van der Waals surface area contributed by atoms with E-state index in [1.807, 2.05) is 4.57 Å². The molecule has 118 valence electrons. The number of hydrogen-bond donors (Lipinski definition) is 3. The highest BCUT2D eigenvalue weighted by Gasteiger charge is 2.19. The van der Waals surface area contributed by atoms with Crippen LogP contribution in [0.3, 0.4) is 0 Å². The summed E-state index contributed by atoms with van der Waals surface area (Å²) in [6.07, 6.45) is -0.136. The van der Waals surface area contributed by atoms with E-state index in [1.165, 1.54) is 0 Å². The van der Waals surface area contributed by atoms with Crippen LogP contribution in [0.1, 0.15) is 11.1 Å². The van der Waals surface area contributed by atoms with Crippen molar-refractivity contribution in [3.8, 4) is 11.5 Å². The molecule has 0 bridgehead atoms. The highest BCUT2D eigenvalue weighted by molar-refractivity contribution is 9.10. The van der Waals surface area contributed by atoms with Crippen molar-refractivity contribution in [1.82, 2.24) is 4.57 Å². The lowest BCUT2D eigenvalue weighted by molar-refractivity contribution is -0.136. The van der Waals surface area contributed by atoms with E-state index in [0.717, 1.165) is 5.56 Å². The number of carboxylic acids is 1. The van der Waals surface area contributed by atoms with Gasteiger partial charge in [0, 0.05) is 17.5 Å². The monoisotopic (exact) mass is 375 g/mol. The zero-order valence-corrected chi connectivity index (χ0v) is 13.6. The number of fused-ring (bicyclic) bond motifs is 1. The van der Waals surface area contributed by atoms with Crippen LogP contribution in [0, 0.1) is 0 Å². The number of carbonyl (C=O) groups is 1. The predicted octanol–water partition coefficient (Wildman–Crippen LogP) is 3.49. The van der Waals surface area contributed by atoms with Gasteiger partial charge in [0.1, 0.15) is 11.5 Å². The summed E-state index contributed by atoms with van der Waals surface area (Å²) in [6.45, 7) is 0.439. The molecule has 3 N–H and O–H groups in total. The van der Waals surface area contributed by atoms with Crippen molar-refractivity contribution in [2.45, 2.75) is 13.0 Å². The minimum absolute atomic E-state index is 0.0959. The molecule has 0 saturated heterocycles. The number of benzene rings is 2. The van der Waals surface area contributed by atoms with Gasteiger partial charge in [-0.15, -0.1) is 0 Å². The lowest BCUT2D eigenvalue weighted by Crippen LogP contribution is -2.02. The first-order valence-electron chi connectivity index (χ1n) is 6.95. The molecular formula is C17H14BrNO4. The van der Waals surface area contributed by atoms with Gasteiger partial charge in [0.25, 0.3) is 0 Å². The van der Waals surface area contributed by atoms with Gasteiger partial charge in [0.15, 0.2) is 0 Å². The number of carboxylic acid groups (broad SMARTS) is 1. The molecule has 0 saturated carbocycles. The molecule has 0 aliphatic rings. The molecule has 3 aromatic rings. The van der Waals surface area contributed by atoms with Crippen molar-refractivity contribution in [2.75, 3.05) is 0 Å². The third-order valence-electron chi connectivity index (χ3n) is 3.70. The highest BCUT2D eigenvalue weighted by atomic mass is 79.9. The lowest BCUT2D eigenvalue weighted by atomic mass is 10.1. The largest absolute Gasteiger partial charge is 0.508 e. The maximum Gasteiger partial charge on any atom is 0.307 e. The fourth-order valence-electron chi connectivity index (χ4n) is 2.68.